The number of carbonyl (C=O) groups is 5. The van der Waals surface area contributed by atoms with Crippen molar-refractivity contribution in [2.75, 3.05) is 7.11 Å². The Hall–Kier alpha value is -3.73. The summed E-state index contributed by atoms with van der Waals surface area (Å²) >= 11 is 1.54. The molecule has 1 unspecified atom stereocenters. The molecule has 11 heteroatoms. The predicted octanol–water partition coefficient (Wildman–Crippen LogP) is 1.99. The van der Waals surface area contributed by atoms with Gasteiger partial charge in [0.1, 0.15) is 12.1 Å². The summed E-state index contributed by atoms with van der Waals surface area (Å²) in [5.41, 5.74) is 2.13. The average Bonchev–Trinajstić information content (AvgIpc) is 3.51. The van der Waals surface area contributed by atoms with Crippen LogP contribution in [-0.2, 0) is 57.7 Å². The van der Waals surface area contributed by atoms with Crippen LogP contribution in [0.2, 0.25) is 0 Å². The first-order valence-electron chi connectivity index (χ1n) is 11.2. The Morgan fingerprint density at radius 3 is 2.11 bits per heavy atom. The molecule has 2 aromatic rings. The topological polar surface area (TPSA) is 128 Å². The number of fused-ring (bicyclic) bond motifs is 1. The van der Waals surface area contributed by atoms with E-state index in [2.05, 4.69) is 10.1 Å². The van der Waals surface area contributed by atoms with Crippen molar-refractivity contribution < 1.29 is 38.2 Å². The van der Waals surface area contributed by atoms with Crippen LogP contribution in [0.1, 0.15) is 36.8 Å². The summed E-state index contributed by atoms with van der Waals surface area (Å²) in [7, 11) is 1.30. The maximum atomic E-state index is 12.6. The molecule has 0 aliphatic carbocycles. The van der Waals surface area contributed by atoms with E-state index in [1.165, 1.54) is 27.9 Å². The molecular formula is C25H30N2O8S. The van der Waals surface area contributed by atoms with E-state index in [0.717, 1.165) is 16.0 Å². The molecule has 0 radical (unpaired) electrons. The first-order valence-corrected chi connectivity index (χ1v) is 12.0. The highest BCUT2D eigenvalue weighted by atomic mass is 32.1. The van der Waals surface area contributed by atoms with Crippen molar-refractivity contribution in [3.8, 4) is 0 Å². The highest BCUT2D eigenvalue weighted by Crippen LogP contribution is 2.24. The third kappa shape index (κ3) is 8.49. The van der Waals surface area contributed by atoms with Crippen LogP contribution in [0.15, 0.2) is 41.8 Å². The lowest BCUT2D eigenvalue weighted by molar-refractivity contribution is -0.173. The molecule has 1 N–H and O–H groups in total. The molecule has 2 heterocycles. The van der Waals surface area contributed by atoms with Crippen LogP contribution in [0.4, 0.5) is 0 Å². The second-order valence-electron chi connectivity index (χ2n) is 7.95. The minimum Gasteiger partial charge on any atom is -0.467 e. The van der Waals surface area contributed by atoms with Crippen LogP contribution >= 0.6 is 11.3 Å². The monoisotopic (exact) mass is 518 g/mol. The van der Waals surface area contributed by atoms with Crippen LogP contribution in [-0.4, -0.2) is 60.5 Å². The molecule has 0 saturated carbocycles. The van der Waals surface area contributed by atoms with Gasteiger partial charge in [0.15, 0.2) is 0 Å². The standard InChI is InChI=1S/C16H19NO5.C9H11NO3S/c1-10(21-11(2)18)15(22-12(3)19)16(20)17-8-13-6-4-5-7-14(13)9-17;1-13-9(12)8(10-6-11)5-7-3-2-4-14-7/h4-7,10,15H,8-9H2,1-3H3;2-4,6,8H,5H2,1H3,(H,10,11)/t10-,15+;/m0./s1. The van der Waals surface area contributed by atoms with E-state index < -0.39 is 36.2 Å². The quantitative estimate of drug-likeness (QED) is 0.303. The van der Waals surface area contributed by atoms with Crippen molar-refractivity contribution >= 4 is 41.6 Å². The SMILES string of the molecule is CC(=O)O[C@@H](C)[C@@H](OC(C)=O)C(=O)N1Cc2ccccc2C1.COC(=O)C(Cc1cccs1)NC=O. The third-order valence-electron chi connectivity index (χ3n) is 5.21. The molecule has 1 aliphatic heterocycles. The van der Waals surface area contributed by atoms with Gasteiger partial charge in [-0.15, -0.1) is 11.3 Å². The molecule has 10 nitrogen and oxygen atoms in total. The van der Waals surface area contributed by atoms with Crippen LogP contribution < -0.4 is 5.32 Å². The molecule has 1 aliphatic rings. The van der Waals surface area contributed by atoms with E-state index >= 15 is 0 Å². The number of esters is 3. The molecule has 194 valence electrons. The zero-order chi connectivity index (χ0) is 26.7. The van der Waals surface area contributed by atoms with Crippen LogP contribution in [0, 0.1) is 0 Å². The van der Waals surface area contributed by atoms with Gasteiger partial charge in [0.25, 0.3) is 5.91 Å². The summed E-state index contributed by atoms with van der Waals surface area (Å²) in [6.07, 6.45) is -0.980. The van der Waals surface area contributed by atoms with Gasteiger partial charge in [0.2, 0.25) is 12.5 Å². The van der Waals surface area contributed by atoms with E-state index in [9.17, 15) is 24.0 Å². The molecule has 3 atom stereocenters. The van der Waals surface area contributed by atoms with Crippen LogP contribution in [0.25, 0.3) is 0 Å². The van der Waals surface area contributed by atoms with Gasteiger partial charge < -0.3 is 24.4 Å². The number of thiophene rings is 1. The third-order valence-corrected chi connectivity index (χ3v) is 6.11. The number of hydrogen-bond acceptors (Lipinski definition) is 9. The molecule has 2 amide bonds. The number of rotatable bonds is 9. The Morgan fingerprint density at radius 2 is 1.64 bits per heavy atom. The van der Waals surface area contributed by atoms with Crippen molar-refractivity contribution in [1.82, 2.24) is 10.2 Å². The molecule has 1 aromatic heterocycles. The number of nitrogens with one attached hydrogen (secondary N) is 1. The Labute approximate surface area is 213 Å². The lowest BCUT2D eigenvalue weighted by Crippen LogP contribution is -2.45. The molecule has 0 bridgehead atoms. The Balaban J connectivity index is 0.000000281. The Bertz CT molecular complexity index is 1030. The normalized spacial score (nSPS) is 14.2. The van der Waals surface area contributed by atoms with Crippen molar-refractivity contribution in [1.29, 1.82) is 0 Å². The number of amides is 2. The molecule has 36 heavy (non-hydrogen) atoms. The number of carbonyl (C=O) groups excluding carboxylic acids is 5. The largest absolute Gasteiger partial charge is 0.467 e. The molecule has 0 fully saturated rings. The van der Waals surface area contributed by atoms with Crippen molar-refractivity contribution in [2.45, 2.75) is 58.5 Å². The fraction of sp³-hybridized carbons (Fsp3) is 0.400. The van der Waals surface area contributed by atoms with Gasteiger partial charge in [0.05, 0.1) is 7.11 Å². The molecule has 3 rings (SSSR count). The number of ether oxygens (including phenoxy) is 3. The fourth-order valence-electron chi connectivity index (χ4n) is 3.58. The number of methoxy groups -OCH3 is 1. The van der Waals surface area contributed by atoms with Crippen molar-refractivity contribution in [2.24, 2.45) is 0 Å². The molecule has 0 saturated heterocycles. The lowest BCUT2D eigenvalue weighted by atomic mass is 10.1. The van der Waals surface area contributed by atoms with Gasteiger partial charge in [-0.2, -0.15) is 0 Å². The highest BCUT2D eigenvalue weighted by Gasteiger charge is 2.36. The first kappa shape index (κ1) is 28.5. The number of nitrogens with zero attached hydrogens (tertiary/aromatic N) is 1. The maximum absolute atomic E-state index is 12.6. The summed E-state index contributed by atoms with van der Waals surface area (Å²) < 4.78 is 14.6. The first-order chi connectivity index (χ1) is 17.2. The predicted molar refractivity (Wildman–Crippen MR) is 131 cm³/mol. The van der Waals surface area contributed by atoms with E-state index in [0.29, 0.717) is 25.9 Å². The minimum absolute atomic E-state index is 0.361. The van der Waals surface area contributed by atoms with Crippen molar-refractivity contribution in [3.63, 3.8) is 0 Å². The highest BCUT2D eigenvalue weighted by molar-refractivity contribution is 7.09. The number of benzene rings is 1. The Morgan fingerprint density at radius 1 is 1.03 bits per heavy atom. The summed E-state index contributed by atoms with van der Waals surface area (Å²) in [6.45, 7) is 4.92. The van der Waals surface area contributed by atoms with Crippen molar-refractivity contribution in [3.05, 3.63) is 57.8 Å². The van der Waals surface area contributed by atoms with Gasteiger partial charge in [0, 0.05) is 38.2 Å². The fourth-order valence-corrected chi connectivity index (χ4v) is 4.33. The van der Waals surface area contributed by atoms with Crippen LogP contribution in [0.3, 0.4) is 0 Å². The summed E-state index contributed by atoms with van der Waals surface area (Å²) in [5, 5.41) is 4.34. The van der Waals surface area contributed by atoms with E-state index in [4.69, 9.17) is 9.47 Å². The molecule has 0 spiro atoms. The average molecular weight is 519 g/mol. The Kier molecular flexibility index (Phi) is 11.1. The smallest absolute Gasteiger partial charge is 0.328 e. The minimum atomic E-state index is -1.13. The second kappa shape index (κ2) is 14.0. The lowest BCUT2D eigenvalue weighted by Gasteiger charge is -2.26. The second-order valence-corrected chi connectivity index (χ2v) is 8.98. The zero-order valence-corrected chi connectivity index (χ0v) is 21.4. The van der Waals surface area contributed by atoms with E-state index in [1.54, 1.807) is 16.2 Å². The van der Waals surface area contributed by atoms with Gasteiger partial charge in [-0.25, -0.2) is 4.79 Å². The van der Waals surface area contributed by atoms with Gasteiger partial charge in [-0.05, 0) is 29.5 Å². The summed E-state index contributed by atoms with van der Waals surface area (Å²) in [6, 6.07) is 11.0. The number of hydrogen-bond donors (Lipinski definition) is 1. The van der Waals surface area contributed by atoms with Crippen LogP contribution in [0.5, 0.6) is 0 Å². The molecular weight excluding hydrogens is 488 g/mol. The van der Waals surface area contributed by atoms with E-state index in [-0.39, 0.29) is 5.91 Å². The van der Waals surface area contributed by atoms with Gasteiger partial charge >= 0.3 is 17.9 Å². The molecule has 1 aromatic carbocycles. The summed E-state index contributed by atoms with van der Waals surface area (Å²) in [4.78, 5) is 59.0. The summed E-state index contributed by atoms with van der Waals surface area (Å²) in [5.74, 6) is -1.90. The maximum Gasteiger partial charge on any atom is 0.328 e. The zero-order valence-electron chi connectivity index (χ0n) is 20.6. The van der Waals surface area contributed by atoms with E-state index in [1.807, 2.05) is 41.8 Å². The van der Waals surface area contributed by atoms with Gasteiger partial charge in [-0.3, -0.25) is 19.2 Å². The van der Waals surface area contributed by atoms with Gasteiger partial charge in [-0.1, -0.05) is 30.3 Å².